The van der Waals surface area contributed by atoms with Crippen molar-refractivity contribution in [3.05, 3.63) is 35.7 Å². The number of carbonyl (C=O) groups is 1. The summed E-state index contributed by atoms with van der Waals surface area (Å²) in [5, 5.41) is 8.61. The van der Waals surface area contributed by atoms with Crippen LogP contribution in [-0.4, -0.2) is 24.2 Å². The Morgan fingerprint density at radius 1 is 1.47 bits per heavy atom. The number of nitrogens with zero attached hydrogens (tertiary/aromatic N) is 1. The molecule has 102 valence electrons. The lowest BCUT2D eigenvalue weighted by atomic mass is 10.1. The molecule has 3 nitrogen and oxygen atoms in total. The highest BCUT2D eigenvalue weighted by Gasteiger charge is 2.24. The van der Waals surface area contributed by atoms with E-state index in [1.807, 2.05) is 13.0 Å². The van der Waals surface area contributed by atoms with Crippen LogP contribution in [0.15, 0.2) is 24.3 Å². The molecule has 0 spiro atoms. The van der Waals surface area contributed by atoms with Crippen molar-refractivity contribution in [2.45, 2.75) is 19.8 Å². The molecule has 1 aromatic rings. The fourth-order valence-electron chi connectivity index (χ4n) is 2.07. The van der Waals surface area contributed by atoms with Gasteiger partial charge in [-0.05, 0) is 55.5 Å². The van der Waals surface area contributed by atoms with Crippen molar-refractivity contribution in [2.24, 2.45) is 5.92 Å². The first-order valence-electron chi connectivity index (χ1n) is 6.55. The maximum atomic E-state index is 13.6. The van der Waals surface area contributed by atoms with E-state index in [0.29, 0.717) is 5.56 Å². The van der Waals surface area contributed by atoms with E-state index in [4.69, 9.17) is 5.11 Å². The summed E-state index contributed by atoms with van der Waals surface area (Å²) in [6.45, 7) is 3.81. The number of rotatable bonds is 6. The molecule has 0 amide bonds. The zero-order valence-electron chi connectivity index (χ0n) is 11.0. The molecular weight excluding hydrogens is 245 g/mol. The molecule has 0 heterocycles. The number of hydrogen-bond donors (Lipinski definition) is 1. The molecule has 1 aliphatic carbocycles. The average molecular weight is 263 g/mol. The topological polar surface area (TPSA) is 40.5 Å². The van der Waals surface area contributed by atoms with Gasteiger partial charge in [0, 0.05) is 24.9 Å². The molecule has 0 bridgehead atoms. The minimum atomic E-state index is -1.03. The van der Waals surface area contributed by atoms with Crippen LogP contribution in [0.3, 0.4) is 0 Å². The lowest BCUT2D eigenvalue weighted by molar-refractivity contribution is -0.131. The summed E-state index contributed by atoms with van der Waals surface area (Å²) >= 11 is 0. The summed E-state index contributed by atoms with van der Waals surface area (Å²) in [4.78, 5) is 12.6. The highest BCUT2D eigenvalue weighted by Crippen LogP contribution is 2.31. The van der Waals surface area contributed by atoms with Crippen LogP contribution in [0, 0.1) is 11.7 Å². The zero-order chi connectivity index (χ0) is 13.8. The van der Waals surface area contributed by atoms with E-state index in [0.717, 1.165) is 30.8 Å². The average Bonchev–Trinajstić information content (AvgIpc) is 3.16. The standard InChI is InChI=1S/C15H18FNO2/c1-2-17(10-11-3-4-11)14-8-12(5-6-15(18)19)7-13(16)9-14/h5-9,11H,2-4,10H2,1H3,(H,18,19)/b6-5+. The molecule has 0 atom stereocenters. The lowest BCUT2D eigenvalue weighted by Crippen LogP contribution is -2.25. The van der Waals surface area contributed by atoms with Crippen LogP contribution >= 0.6 is 0 Å². The molecule has 1 fully saturated rings. The Morgan fingerprint density at radius 3 is 2.79 bits per heavy atom. The predicted molar refractivity (Wildman–Crippen MR) is 73.7 cm³/mol. The van der Waals surface area contributed by atoms with Gasteiger partial charge in [0.2, 0.25) is 0 Å². The maximum absolute atomic E-state index is 13.6. The molecule has 1 aromatic carbocycles. The van der Waals surface area contributed by atoms with Gasteiger partial charge in [-0.25, -0.2) is 9.18 Å². The molecule has 1 saturated carbocycles. The first-order chi connectivity index (χ1) is 9.08. The number of anilines is 1. The van der Waals surface area contributed by atoms with Crippen LogP contribution in [-0.2, 0) is 4.79 Å². The lowest BCUT2D eigenvalue weighted by Gasteiger charge is -2.23. The molecule has 2 rings (SSSR count). The Labute approximate surface area is 112 Å². The predicted octanol–water partition coefficient (Wildman–Crippen LogP) is 3.16. The Bertz CT molecular complexity index is 495. The molecule has 19 heavy (non-hydrogen) atoms. The summed E-state index contributed by atoms with van der Waals surface area (Å²) in [6, 6.07) is 4.67. The van der Waals surface area contributed by atoms with Crippen molar-refractivity contribution in [1.82, 2.24) is 0 Å². The molecule has 0 radical (unpaired) electrons. The van der Waals surface area contributed by atoms with Gasteiger partial charge in [0.15, 0.2) is 0 Å². The van der Waals surface area contributed by atoms with Crippen molar-refractivity contribution in [3.63, 3.8) is 0 Å². The van der Waals surface area contributed by atoms with Crippen molar-refractivity contribution in [1.29, 1.82) is 0 Å². The summed E-state index contributed by atoms with van der Waals surface area (Å²) in [6.07, 6.45) is 4.94. The van der Waals surface area contributed by atoms with Gasteiger partial charge in [-0.15, -0.1) is 0 Å². The molecule has 0 aromatic heterocycles. The third-order valence-electron chi connectivity index (χ3n) is 3.25. The zero-order valence-corrected chi connectivity index (χ0v) is 11.0. The minimum absolute atomic E-state index is 0.336. The van der Waals surface area contributed by atoms with Gasteiger partial charge < -0.3 is 10.0 Å². The van der Waals surface area contributed by atoms with Crippen molar-refractivity contribution < 1.29 is 14.3 Å². The summed E-state index contributed by atoms with van der Waals surface area (Å²) < 4.78 is 13.6. The monoisotopic (exact) mass is 263 g/mol. The number of carboxylic acid groups (broad SMARTS) is 1. The Kier molecular flexibility index (Phi) is 4.20. The third-order valence-corrected chi connectivity index (χ3v) is 3.25. The van der Waals surface area contributed by atoms with Gasteiger partial charge in [-0.2, -0.15) is 0 Å². The molecule has 0 unspecified atom stereocenters. The van der Waals surface area contributed by atoms with E-state index >= 15 is 0 Å². The number of aliphatic carboxylic acids is 1. The van der Waals surface area contributed by atoms with Crippen LogP contribution in [0.4, 0.5) is 10.1 Å². The van der Waals surface area contributed by atoms with Crippen molar-refractivity contribution in [2.75, 3.05) is 18.0 Å². The number of hydrogen-bond acceptors (Lipinski definition) is 2. The van der Waals surface area contributed by atoms with Crippen LogP contribution in [0.1, 0.15) is 25.3 Å². The normalized spacial score (nSPS) is 14.8. The summed E-state index contributed by atoms with van der Waals surface area (Å²) in [5.41, 5.74) is 1.39. The highest BCUT2D eigenvalue weighted by atomic mass is 19.1. The Morgan fingerprint density at radius 2 is 2.21 bits per heavy atom. The molecule has 0 aliphatic heterocycles. The van der Waals surface area contributed by atoms with Gasteiger partial charge in [0.05, 0.1) is 0 Å². The third kappa shape index (κ3) is 4.09. The van der Waals surface area contributed by atoms with Gasteiger partial charge in [0.25, 0.3) is 0 Å². The van der Waals surface area contributed by atoms with Crippen LogP contribution in [0.2, 0.25) is 0 Å². The SMILES string of the molecule is CCN(CC1CC1)c1cc(F)cc(/C=C/C(=O)O)c1. The van der Waals surface area contributed by atoms with E-state index in [1.165, 1.54) is 31.1 Å². The van der Waals surface area contributed by atoms with Gasteiger partial charge in [-0.3, -0.25) is 0 Å². The van der Waals surface area contributed by atoms with Gasteiger partial charge >= 0.3 is 5.97 Å². The van der Waals surface area contributed by atoms with Crippen molar-refractivity contribution in [3.8, 4) is 0 Å². The summed E-state index contributed by atoms with van der Waals surface area (Å²) in [7, 11) is 0. The molecular formula is C15H18FNO2. The molecule has 1 aliphatic rings. The fraction of sp³-hybridized carbons (Fsp3) is 0.400. The van der Waals surface area contributed by atoms with E-state index in [9.17, 15) is 9.18 Å². The van der Waals surface area contributed by atoms with E-state index in [2.05, 4.69) is 4.90 Å². The fourth-order valence-corrected chi connectivity index (χ4v) is 2.07. The van der Waals surface area contributed by atoms with E-state index < -0.39 is 5.97 Å². The second-order valence-electron chi connectivity index (χ2n) is 4.90. The number of benzene rings is 1. The minimum Gasteiger partial charge on any atom is -0.478 e. The first-order valence-corrected chi connectivity index (χ1v) is 6.55. The Hall–Kier alpha value is -1.84. The Balaban J connectivity index is 2.20. The van der Waals surface area contributed by atoms with E-state index in [1.54, 1.807) is 0 Å². The van der Waals surface area contributed by atoms with Gasteiger partial charge in [0.1, 0.15) is 5.82 Å². The number of carboxylic acids is 1. The van der Waals surface area contributed by atoms with E-state index in [-0.39, 0.29) is 5.82 Å². The number of halogens is 1. The molecule has 4 heteroatoms. The smallest absolute Gasteiger partial charge is 0.328 e. The largest absolute Gasteiger partial charge is 0.478 e. The summed E-state index contributed by atoms with van der Waals surface area (Å²) in [5.74, 6) is -0.644. The first kappa shape index (κ1) is 13.6. The second kappa shape index (κ2) is 5.87. The van der Waals surface area contributed by atoms with Crippen LogP contribution in [0.5, 0.6) is 0 Å². The molecule has 1 N–H and O–H groups in total. The molecule has 0 saturated heterocycles. The van der Waals surface area contributed by atoms with Crippen LogP contribution in [0.25, 0.3) is 6.08 Å². The highest BCUT2D eigenvalue weighted by molar-refractivity contribution is 5.85. The second-order valence-corrected chi connectivity index (χ2v) is 4.90. The van der Waals surface area contributed by atoms with Crippen LogP contribution < -0.4 is 4.90 Å². The van der Waals surface area contributed by atoms with Crippen molar-refractivity contribution >= 4 is 17.7 Å². The van der Waals surface area contributed by atoms with Gasteiger partial charge in [-0.1, -0.05) is 0 Å². The maximum Gasteiger partial charge on any atom is 0.328 e. The quantitative estimate of drug-likeness (QED) is 0.801.